The molecule has 18 heavy (non-hydrogen) atoms. The summed E-state index contributed by atoms with van der Waals surface area (Å²) in [6.07, 6.45) is 2.12. The molecule has 1 fully saturated rings. The lowest BCUT2D eigenvalue weighted by Gasteiger charge is -2.36. The van der Waals surface area contributed by atoms with Crippen LogP contribution in [0, 0.1) is 0 Å². The topological polar surface area (TPSA) is 35.9 Å². The van der Waals surface area contributed by atoms with Gasteiger partial charge in [-0.25, -0.2) is 0 Å². The smallest absolute Gasteiger partial charge is 0.128 e. The van der Waals surface area contributed by atoms with Crippen LogP contribution in [0.4, 0.5) is 5.69 Å². The van der Waals surface area contributed by atoms with Gasteiger partial charge in [-0.05, 0) is 19.9 Å². The van der Waals surface area contributed by atoms with E-state index in [0.29, 0.717) is 5.75 Å². The van der Waals surface area contributed by atoms with Crippen molar-refractivity contribution in [1.82, 2.24) is 4.90 Å². The molecule has 3 rings (SSSR count). The highest BCUT2D eigenvalue weighted by molar-refractivity contribution is 5.63. The maximum absolute atomic E-state index is 9.83. The van der Waals surface area contributed by atoms with E-state index in [9.17, 15) is 5.11 Å². The van der Waals surface area contributed by atoms with Gasteiger partial charge < -0.3 is 19.6 Å². The Kier molecular flexibility index (Phi) is 3.04. The normalized spacial score (nSPS) is 20.4. The monoisotopic (exact) mass is 248 g/mol. The fraction of sp³-hybridized carbons (Fsp3) is 0.571. The summed E-state index contributed by atoms with van der Waals surface area (Å²) in [5.41, 5.74) is 2.43. The van der Waals surface area contributed by atoms with E-state index in [2.05, 4.69) is 16.8 Å². The summed E-state index contributed by atoms with van der Waals surface area (Å²) in [6.45, 7) is 4.95. The lowest BCUT2D eigenvalue weighted by Crippen LogP contribution is -2.44. The lowest BCUT2D eigenvalue weighted by molar-refractivity contribution is 0.285. The number of piperazine rings is 1. The molecule has 0 aliphatic carbocycles. The summed E-state index contributed by atoms with van der Waals surface area (Å²) in [4.78, 5) is 4.70. The van der Waals surface area contributed by atoms with Gasteiger partial charge in [-0.15, -0.1) is 0 Å². The maximum Gasteiger partial charge on any atom is 0.128 e. The minimum Gasteiger partial charge on any atom is -0.508 e. The van der Waals surface area contributed by atoms with E-state index in [0.717, 1.165) is 57.1 Å². The van der Waals surface area contributed by atoms with Crippen molar-refractivity contribution < 1.29 is 9.84 Å². The molecular weight excluding hydrogens is 228 g/mol. The third-order valence-electron chi connectivity index (χ3n) is 3.84. The van der Waals surface area contributed by atoms with Gasteiger partial charge in [-0.1, -0.05) is 0 Å². The van der Waals surface area contributed by atoms with Gasteiger partial charge in [0.15, 0.2) is 0 Å². The molecule has 0 bridgehead atoms. The second kappa shape index (κ2) is 4.69. The molecule has 98 valence electrons. The fourth-order valence-electron chi connectivity index (χ4n) is 2.76. The molecular formula is C14H20N2O2. The van der Waals surface area contributed by atoms with Gasteiger partial charge in [0.25, 0.3) is 0 Å². The molecule has 0 radical (unpaired) electrons. The zero-order chi connectivity index (χ0) is 12.5. The quantitative estimate of drug-likeness (QED) is 0.816. The van der Waals surface area contributed by atoms with Gasteiger partial charge in [-0.2, -0.15) is 0 Å². The fourth-order valence-corrected chi connectivity index (χ4v) is 2.76. The van der Waals surface area contributed by atoms with Crippen LogP contribution in [0.1, 0.15) is 12.0 Å². The summed E-state index contributed by atoms with van der Waals surface area (Å²) < 4.78 is 5.66. The first-order chi connectivity index (χ1) is 8.74. The number of anilines is 1. The van der Waals surface area contributed by atoms with Gasteiger partial charge in [-0.3, -0.25) is 0 Å². The van der Waals surface area contributed by atoms with Crippen LogP contribution in [-0.2, 0) is 6.42 Å². The van der Waals surface area contributed by atoms with Crippen LogP contribution in [0.15, 0.2) is 12.1 Å². The molecule has 0 amide bonds. The van der Waals surface area contributed by atoms with Gasteiger partial charge in [0.05, 0.1) is 6.61 Å². The van der Waals surface area contributed by atoms with E-state index in [1.54, 1.807) is 6.07 Å². The van der Waals surface area contributed by atoms with E-state index < -0.39 is 0 Å². The van der Waals surface area contributed by atoms with Crippen molar-refractivity contribution in [2.45, 2.75) is 12.8 Å². The number of benzene rings is 1. The summed E-state index contributed by atoms with van der Waals surface area (Å²) in [7, 11) is 2.15. The number of phenols is 1. The van der Waals surface area contributed by atoms with Gasteiger partial charge in [0, 0.05) is 49.6 Å². The lowest BCUT2D eigenvalue weighted by atomic mass is 10.0. The zero-order valence-electron chi connectivity index (χ0n) is 10.9. The highest BCUT2D eigenvalue weighted by Gasteiger charge is 2.22. The molecule has 1 aromatic carbocycles. The molecule has 1 aromatic rings. The van der Waals surface area contributed by atoms with Crippen molar-refractivity contribution in [3.8, 4) is 11.5 Å². The molecule has 2 aliphatic rings. The molecule has 0 unspecified atom stereocenters. The number of fused-ring (bicyclic) bond motifs is 1. The molecule has 0 saturated carbocycles. The van der Waals surface area contributed by atoms with E-state index in [1.165, 1.54) is 5.56 Å². The van der Waals surface area contributed by atoms with Crippen LogP contribution in [0.3, 0.4) is 0 Å². The van der Waals surface area contributed by atoms with Gasteiger partial charge in [0.1, 0.15) is 11.5 Å². The molecule has 2 heterocycles. The SMILES string of the molecule is CN1CCN(c2cc(O)cc3c2CCCO3)CC1. The Bertz CT molecular complexity index is 440. The summed E-state index contributed by atoms with van der Waals surface area (Å²) in [5, 5.41) is 9.83. The second-order valence-electron chi connectivity index (χ2n) is 5.18. The van der Waals surface area contributed by atoms with E-state index in [4.69, 9.17) is 4.74 Å². The van der Waals surface area contributed by atoms with Crippen LogP contribution in [0.5, 0.6) is 11.5 Å². The minimum atomic E-state index is 0.310. The van der Waals surface area contributed by atoms with Crippen molar-refractivity contribution in [2.75, 3.05) is 44.7 Å². The average Bonchev–Trinajstić information content (AvgIpc) is 2.38. The zero-order valence-corrected chi connectivity index (χ0v) is 10.9. The standard InChI is InChI=1S/C14H20N2O2/c1-15-4-6-16(7-5-15)13-9-11(17)10-14-12(13)3-2-8-18-14/h9-10,17H,2-8H2,1H3. The number of rotatable bonds is 1. The van der Waals surface area contributed by atoms with Crippen molar-refractivity contribution in [3.05, 3.63) is 17.7 Å². The van der Waals surface area contributed by atoms with Crippen molar-refractivity contribution in [2.24, 2.45) is 0 Å². The Morgan fingerprint density at radius 1 is 1.17 bits per heavy atom. The number of likely N-dealkylation sites (N-methyl/N-ethyl adjacent to an activating group) is 1. The van der Waals surface area contributed by atoms with Gasteiger partial charge in [0.2, 0.25) is 0 Å². The molecule has 1 saturated heterocycles. The highest BCUT2D eigenvalue weighted by Crippen LogP contribution is 2.37. The molecule has 1 N–H and O–H groups in total. The number of ether oxygens (including phenoxy) is 1. The van der Waals surface area contributed by atoms with Crippen LogP contribution in [0.25, 0.3) is 0 Å². The van der Waals surface area contributed by atoms with E-state index in [1.807, 2.05) is 6.07 Å². The highest BCUT2D eigenvalue weighted by atomic mass is 16.5. The Hall–Kier alpha value is -1.42. The first kappa shape index (κ1) is 11.7. The van der Waals surface area contributed by atoms with Crippen LogP contribution in [0.2, 0.25) is 0 Å². The van der Waals surface area contributed by atoms with E-state index >= 15 is 0 Å². The van der Waals surface area contributed by atoms with Crippen molar-refractivity contribution in [1.29, 1.82) is 0 Å². The number of phenolic OH excluding ortho intramolecular Hbond substituents is 1. The molecule has 0 aromatic heterocycles. The number of nitrogens with zero attached hydrogens (tertiary/aromatic N) is 2. The maximum atomic E-state index is 9.83. The number of aromatic hydroxyl groups is 1. The largest absolute Gasteiger partial charge is 0.508 e. The molecule has 4 nitrogen and oxygen atoms in total. The Morgan fingerprint density at radius 2 is 1.94 bits per heavy atom. The Labute approximate surface area is 108 Å². The third kappa shape index (κ3) is 2.12. The summed E-state index contributed by atoms with van der Waals surface area (Å²) in [5.74, 6) is 1.18. The van der Waals surface area contributed by atoms with Gasteiger partial charge >= 0.3 is 0 Å². The predicted octanol–water partition coefficient (Wildman–Crippen LogP) is 1.47. The average molecular weight is 248 g/mol. The number of hydrogen-bond acceptors (Lipinski definition) is 4. The Balaban J connectivity index is 1.93. The predicted molar refractivity (Wildman–Crippen MR) is 71.6 cm³/mol. The third-order valence-corrected chi connectivity index (χ3v) is 3.84. The Morgan fingerprint density at radius 3 is 2.72 bits per heavy atom. The molecule has 2 aliphatic heterocycles. The van der Waals surface area contributed by atoms with Crippen molar-refractivity contribution in [3.63, 3.8) is 0 Å². The molecule has 4 heteroatoms. The molecule has 0 atom stereocenters. The van der Waals surface area contributed by atoms with Crippen molar-refractivity contribution >= 4 is 5.69 Å². The molecule has 0 spiro atoms. The minimum absolute atomic E-state index is 0.310. The summed E-state index contributed by atoms with van der Waals surface area (Å²) >= 11 is 0. The summed E-state index contributed by atoms with van der Waals surface area (Å²) in [6, 6.07) is 3.63. The second-order valence-corrected chi connectivity index (χ2v) is 5.18. The van der Waals surface area contributed by atoms with Crippen LogP contribution >= 0.6 is 0 Å². The first-order valence-corrected chi connectivity index (χ1v) is 6.66. The number of hydrogen-bond donors (Lipinski definition) is 1. The van der Waals surface area contributed by atoms with E-state index in [-0.39, 0.29) is 0 Å². The van der Waals surface area contributed by atoms with Crippen LogP contribution in [-0.4, -0.2) is 49.8 Å². The first-order valence-electron chi connectivity index (χ1n) is 6.66. The van der Waals surface area contributed by atoms with Crippen LogP contribution < -0.4 is 9.64 Å².